The molecule has 0 unspecified atom stereocenters. The summed E-state index contributed by atoms with van der Waals surface area (Å²) in [6, 6.07) is 13.7. The molecule has 1 aliphatic rings. The minimum Gasteiger partial charge on any atom is -0.305 e. The summed E-state index contributed by atoms with van der Waals surface area (Å²) >= 11 is 0. The lowest BCUT2D eigenvalue weighted by Gasteiger charge is -2.24. The molecule has 152 valence electrons. The number of nitrogens with one attached hydrogen (secondary N) is 2. The molecule has 1 fully saturated rings. The van der Waals surface area contributed by atoms with Crippen LogP contribution >= 0.6 is 0 Å². The summed E-state index contributed by atoms with van der Waals surface area (Å²) < 4.78 is 29.5. The summed E-state index contributed by atoms with van der Waals surface area (Å²) in [5, 5.41) is 2.85. The number of carbonyl (C=O) groups excluding carboxylic acids is 1. The van der Waals surface area contributed by atoms with E-state index in [1.165, 1.54) is 12.1 Å². The fourth-order valence-electron chi connectivity index (χ4n) is 3.26. The molecule has 29 heavy (non-hydrogen) atoms. The number of imidazole rings is 1. The molecule has 1 amide bonds. The van der Waals surface area contributed by atoms with E-state index in [4.69, 9.17) is 0 Å². The van der Waals surface area contributed by atoms with Crippen LogP contribution in [0.1, 0.15) is 44.0 Å². The van der Waals surface area contributed by atoms with Crippen LogP contribution in [-0.4, -0.2) is 29.9 Å². The molecule has 0 radical (unpaired) electrons. The molecule has 0 bridgehead atoms. The highest BCUT2D eigenvalue weighted by Crippen LogP contribution is 2.28. The van der Waals surface area contributed by atoms with Crippen LogP contribution in [-0.2, 0) is 15.6 Å². The lowest BCUT2D eigenvalue weighted by Crippen LogP contribution is -2.27. The monoisotopic (exact) mass is 412 g/mol. The Bertz CT molecular complexity index is 1190. The van der Waals surface area contributed by atoms with Crippen molar-refractivity contribution in [2.24, 2.45) is 0 Å². The normalized spacial score (nSPS) is 14.9. The van der Waals surface area contributed by atoms with Crippen molar-refractivity contribution < 1.29 is 13.2 Å². The molecule has 0 spiro atoms. The average Bonchev–Trinajstić information content (AvgIpc) is 3.37. The third-order valence-electron chi connectivity index (χ3n) is 4.76. The van der Waals surface area contributed by atoms with Gasteiger partial charge in [-0.1, -0.05) is 18.2 Å². The summed E-state index contributed by atoms with van der Waals surface area (Å²) in [4.78, 5) is 17.6. The lowest BCUT2D eigenvalue weighted by atomic mass is 10.1. The molecule has 1 saturated carbocycles. The van der Waals surface area contributed by atoms with E-state index in [0.29, 0.717) is 5.95 Å². The van der Waals surface area contributed by atoms with Gasteiger partial charge in [0.1, 0.15) is 0 Å². The van der Waals surface area contributed by atoms with E-state index in [-0.39, 0.29) is 22.0 Å². The van der Waals surface area contributed by atoms with Gasteiger partial charge in [0.15, 0.2) is 0 Å². The Labute approximate surface area is 170 Å². The minimum atomic E-state index is -3.63. The molecule has 8 heteroatoms. The third kappa shape index (κ3) is 4.04. The van der Waals surface area contributed by atoms with E-state index < -0.39 is 15.9 Å². The first kappa shape index (κ1) is 19.6. The number of hydrogen-bond donors (Lipinski definition) is 2. The highest BCUT2D eigenvalue weighted by molar-refractivity contribution is 7.89. The van der Waals surface area contributed by atoms with E-state index in [1.54, 1.807) is 12.1 Å². The molecule has 0 atom stereocenters. The van der Waals surface area contributed by atoms with Gasteiger partial charge in [0.25, 0.3) is 5.91 Å². The van der Waals surface area contributed by atoms with Gasteiger partial charge in [-0.05, 0) is 63.9 Å². The van der Waals surface area contributed by atoms with Gasteiger partial charge in [-0.25, -0.2) is 18.1 Å². The molecule has 1 aromatic heterocycles. The standard InChI is InChI=1S/C21H24N4O3S/c1-21(2,3)25-18-10-5-4-9-17(18)22-20(25)23-19(26)14-7-6-8-16(13-14)29(27,28)24-15-11-12-15/h4-10,13,15,24H,11-12H2,1-3H3,(H,22,23,26). The summed E-state index contributed by atoms with van der Waals surface area (Å²) in [5.41, 5.74) is 1.65. The maximum atomic E-state index is 12.9. The van der Waals surface area contributed by atoms with Crippen LogP contribution in [0.2, 0.25) is 0 Å². The zero-order chi connectivity index (χ0) is 20.8. The predicted octanol–water partition coefficient (Wildman–Crippen LogP) is 3.48. The molecule has 0 aliphatic heterocycles. The van der Waals surface area contributed by atoms with Crippen LogP contribution in [0.15, 0.2) is 53.4 Å². The maximum Gasteiger partial charge on any atom is 0.258 e. The van der Waals surface area contributed by atoms with E-state index in [1.807, 2.05) is 49.6 Å². The second kappa shape index (κ2) is 6.96. The Morgan fingerprint density at radius 2 is 1.83 bits per heavy atom. The van der Waals surface area contributed by atoms with Gasteiger partial charge in [0.2, 0.25) is 16.0 Å². The number of benzene rings is 2. The van der Waals surface area contributed by atoms with Crippen molar-refractivity contribution in [1.82, 2.24) is 14.3 Å². The number of nitrogens with zero attached hydrogens (tertiary/aromatic N) is 2. The third-order valence-corrected chi connectivity index (χ3v) is 6.28. The van der Waals surface area contributed by atoms with Crippen LogP contribution in [0, 0.1) is 0 Å². The van der Waals surface area contributed by atoms with Crippen molar-refractivity contribution in [3.8, 4) is 0 Å². The van der Waals surface area contributed by atoms with Crippen LogP contribution < -0.4 is 10.0 Å². The zero-order valence-corrected chi connectivity index (χ0v) is 17.5. The SMILES string of the molecule is CC(C)(C)n1c(NC(=O)c2cccc(S(=O)(=O)NC3CC3)c2)nc2ccccc21. The first-order chi connectivity index (χ1) is 13.6. The molecule has 4 rings (SSSR count). The van der Waals surface area contributed by atoms with Gasteiger partial charge in [0, 0.05) is 17.1 Å². The van der Waals surface area contributed by atoms with E-state index in [9.17, 15) is 13.2 Å². The number of aromatic nitrogens is 2. The van der Waals surface area contributed by atoms with E-state index in [0.717, 1.165) is 23.9 Å². The van der Waals surface area contributed by atoms with Crippen molar-refractivity contribution in [3.05, 3.63) is 54.1 Å². The molecule has 7 nitrogen and oxygen atoms in total. The Morgan fingerprint density at radius 1 is 1.10 bits per heavy atom. The fraction of sp³-hybridized carbons (Fsp3) is 0.333. The number of rotatable bonds is 5. The largest absolute Gasteiger partial charge is 0.305 e. The zero-order valence-electron chi connectivity index (χ0n) is 16.6. The van der Waals surface area contributed by atoms with Crippen LogP contribution in [0.5, 0.6) is 0 Å². The van der Waals surface area contributed by atoms with Crippen LogP contribution in [0.3, 0.4) is 0 Å². The molecule has 0 saturated heterocycles. The van der Waals surface area contributed by atoms with Crippen molar-refractivity contribution in [3.63, 3.8) is 0 Å². The number of carbonyl (C=O) groups is 1. The Hall–Kier alpha value is -2.71. The van der Waals surface area contributed by atoms with Gasteiger partial charge >= 0.3 is 0 Å². The van der Waals surface area contributed by atoms with Gasteiger partial charge in [-0.3, -0.25) is 10.1 Å². The van der Waals surface area contributed by atoms with Crippen molar-refractivity contribution in [2.45, 2.75) is 50.1 Å². The molecule has 2 N–H and O–H groups in total. The molecule has 2 aromatic carbocycles. The van der Waals surface area contributed by atoms with Crippen molar-refractivity contribution in [2.75, 3.05) is 5.32 Å². The Balaban J connectivity index is 1.66. The highest BCUT2D eigenvalue weighted by atomic mass is 32.2. The molecule has 3 aromatic rings. The number of para-hydroxylation sites is 2. The van der Waals surface area contributed by atoms with Gasteiger partial charge in [-0.2, -0.15) is 0 Å². The maximum absolute atomic E-state index is 12.9. The molecular formula is C21H24N4O3S. The average molecular weight is 413 g/mol. The summed E-state index contributed by atoms with van der Waals surface area (Å²) in [5.74, 6) is 0.0161. The highest BCUT2D eigenvalue weighted by Gasteiger charge is 2.28. The molecule has 1 aliphatic carbocycles. The van der Waals surface area contributed by atoms with E-state index >= 15 is 0 Å². The number of anilines is 1. The fourth-order valence-corrected chi connectivity index (χ4v) is 4.61. The number of sulfonamides is 1. The first-order valence-corrected chi connectivity index (χ1v) is 11.1. The van der Waals surface area contributed by atoms with Gasteiger partial charge in [-0.15, -0.1) is 0 Å². The van der Waals surface area contributed by atoms with Crippen LogP contribution in [0.4, 0.5) is 5.95 Å². The second-order valence-corrected chi connectivity index (χ2v) is 10.0. The number of hydrogen-bond acceptors (Lipinski definition) is 4. The quantitative estimate of drug-likeness (QED) is 0.671. The number of fused-ring (bicyclic) bond motifs is 1. The minimum absolute atomic E-state index is 0.00387. The van der Waals surface area contributed by atoms with Gasteiger partial charge in [0.05, 0.1) is 15.9 Å². The van der Waals surface area contributed by atoms with E-state index in [2.05, 4.69) is 15.0 Å². The summed E-state index contributed by atoms with van der Waals surface area (Å²) in [7, 11) is -3.63. The molecular weight excluding hydrogens is 388 g/mol. The van der Waals surface area contributed by atoms with Gasteiger partial charge < -0.3 is 4.57 Å². The summed E-state index contributed by atoms with van der Waals surface area (Å²) in [6.45, 7) is 6.11. The van der Waals surface area contributed by atoms with Crippen LogP contribution in [0.25, 0.3) is 11.0 Å². The topological polar surface area (TPSA) is 93.1 Å². The first-order valence-electron chi connectivity index (χ1n) is 9.57. The Kier molecular flexibility index (Phi) is 4.71. The second-order valence-electron chi connectivity index (χ2n) is 8.31. The predicted molar refractivity (Wildman–Crippen MR) is 112 cm³/mol. The smallest absolute Gasteiger partial charge is 0.258 e. The van der Waals surface area contributed by atoms with Crippen molar-refractivity contribution in [1.29, 1.82) is 0 Å². The lowest BCUT2D eigenvalue weighted by molar-refractivity contribution is 0.102. The summed E-state index contributed by atoms with van der Waals surface area (Å²) in [6.07, 6.45) is 1.70. The number of amides is 1. The molecule has 1 heterocycles. The Morgan fingerprint density at radius 3 is 2.52 bits per heavy atom. The van der Waals surface area contributed by atoms with Crippen molar-refractivity contribution >= 4 is 32.9 Å².